The minimum Gasteiger partial charge on any atom is -0.303 e. The summed E-state index contributed by atoms with van der Waals surface area (Å²) in [4.78, 5) is 2.36. The number of likely N-dealkylation sites (tertiary alicyclic amines) is 1. The summed E-state index contributed by atoms with van der Waals surface area (Å²) in [6, 6.07) is 0. The molecule has 0 unspecified atom stereocenters. The van der Waals surface area contributed by atoms with Crippen LogP contribution in [0.1, 0.15) is 32.0 Å². The summed E-state index contributed by atoms with van der Waals surface area (Å²) in [6.45, 7) is 5.69. The van der Waals surface area contributed by atoms with Crippen LogP contribution in [0.2, 0.25) is 0 Å². The fourth-order valence-corrected chi connectivity index (χ4v) is 3.09. The number of aromatic nitrogens is 3. The van der Waals surface area contributed by atoms with Gasteiger partial charge in [0.15, 0.2) is 0 Å². The molecule has 108 valence electrons. The summed E-state index contributed by atoms with van der Waals surface area (Å²) in [6.07, 6.45) is 4.01. The Hall–Kier alpha value is -0.990. The molecule has 1 aromatic heterocycles. The van der Waals surface area contributed by atoms with Crippen LogP contribution in [0.15, 0.2) is 5.16 Å². The summed E-state index contributed by atoms with van der Waals surface area (Å²) >= 11 is 0. The van der Waals surface area contributed by atoms with Crippen molar-refractivity contribution in [2.24, 2.45) is 5.14 Å². The predicted molar refractivity (Wildman–Crippen MR) is 71.1 cm³/mol. The van der Waals surface area contributed by atoms with Crippen molar-refractivity contribution in [2.75, 3.05) is 19.6 Å². The highest BCUT2D eigenvalue weighted by Gasteiger charge is 2.21. The number of hydrogen-bond acceptors (Lipinski definition) is 5. The first-order valence-corrected chi connectivity index (χ1v) is 8.24. The molecule has 2 rings (SSSR count). The van der Waals surface area contributed by atoms with Gasteiger partial charge in [-0.05, 0) is 32.4 Å². The zero-order valence-electron chi connectivity index (χ0n) is 11.2. The fourth-order valence-electron chi connectivity index (χ4n) is 2.43. The lowest BCUT2D eigenvalue weighted by molar-refractivity contribution is 0.338. The standard InChI is InChI=1S/C11H21N5O2S/c1-2-6-16-10(5-9-15-7-3-4-8-15)13-14-11(16)19(12,17)18/h2-9H2,1H3,(H2,12,17,18). The van der Waals surface area contributed by atoms with Gasteiger partial charge in [0, 0.05) is 19.5 Å². The monoisotopic (exact) mass is 287 g/mol. The van der Waals surface area contributed by atoms with Crippen molar-refractivity contribution < 1.29 is 8.42 Å². The highest BCUT2D eigenvalue weighted by Crippen LogP contribution is 2.12. The average molecular weight is 287 g/mol. The third kappa shape index (κ3) is 3.52. The topological polar surface area (TPSA) is 94.1 Å². The lowest BCUT2D eigenvalue weighted by Gasteiger charge is -2.14. The van der Waals surface area contributed by atoms with Crippen molar-refractivity contribution in [2.45, 2.75) is 44.3 Å². The van der Waals surface area contributed by atoms with Gasteiger partial charge in [0.25, 0.3) is 15.2 Å². The number of nitrogens with two attached hydrogens (primary N) is 1. The molecule has 2 N–H and O–H groups in total. The third-order valence-corrected chi connectivity index (χ3v) is 4.16. The Kier molecular flexibility index (Phi) is 4.54. The van der Waals surface area contributed by atoms with Crippen LogP contribution in [0.5, 0.6) is 0 Å². The SMILES string of the molecule is CCCn1c(CCN2CCCC2)nnc1S(N)(=O)=O. The molecular weight excluding hydrogens is 266 g/mol. The lowest BCUT2D eigenvalue weighted by atomic mass is 10.3. The smallest absolute Gasteiger partial charge is 0.273 e. The van der Waals surface area contributed by atoms with E-state index < -0.39 is 10.0 Å². The van der Waals surface area contributed by atoms with E-state index in [1.54, 1.807) is 4.57 Å². The molecule has 19 heavy (non-hydrogen) atoms. The molecule has 0 atom stereocenters. The normalized spacial score (nSPS) is 17.2. The summed E-state index contributed by atoms with van der Waals surface area (Å²) < 4.78 is 24.5. The highest BCUT2D eigenvalue weighted by atomic mass is 32.2. The van der Waals surface area contributed by atoms with E-state index in [0.29, 0.717) is 18.8 Å². The molecule has 0 aromatic carbocycles. The van der Waals surface area contributed by atoms with Crippen molar-refractivity contribution in [3.8, 4) is 0 Å². The molecule has 1 aliphatic heterocycles. The molecule has 0 aliphatic carbocycles. The molecule has 1 aliphatic rings. The van der Waals surface area contributed by atoms with Gasteiger partial charge < -0.3 is 9.47 Å². The van der Waals surface area contributed by atoms with Crippen LogP contribution in [0.4, 0.5) is 0 Å². The Morgan fingerprint density at radius 1 is 1.21 bits per heavy atom. The summed E-state index contributed by atoms with van der Waals surface area (Å²) in [5, 5.41) is 12.8. The van der Waals surface area contributed by atoms with Gasteiger partial charge in [-0.3, -0.25) is 0 Å². The quantitative estimate of drug-likeness (QED) is 0.793. The Morgan fingerprint density at radius 2 is 1.89 bits per heavy atom. The molecule has 0 saturated carbocycles. The molecular formula is C11H21N5O2S. The van der Waals surface area contributed by atoms with Gasteiger partial charge >= 0.3 is 0 Å². The first-order chi connectivity index (χ1) is 9.02. The number of hydrogen-bond donors (Lipinski definition) is 1. The van der Waals surface area contributed by atoms with Crippen molar-refractivity contribution in [3.05, 3.63) is 5.82 Å². The maximum Gasteiger partial charge on any atom is 0.273 e. The lowest BCUT2D eigenvalue weighted by Crippen LogP contribution is -2.24. The Balaban J connectivity index is 2.13. The first kappa shape index (κ1) is 14.4. The molecule has 1 saturated heterocycles. The first-order valence-electron chi connectivity index (χ1n) is 6.69. The van der Waals surface area contributed by atoms with Crippen LogP contribution in [0, 0.1) is 0 Å². The van der Waals surface area contributed by atoms with Crippen LogP contribution in [-0.4, -0.2) is 47.7 Å². The van der Waals surface area contributed by atoms with Gasteiger partial charge in [-0.1, -0.05) is 6.92 Å². The van der Waals surface area contributed by atoms with Crippen molar-refractivity contribution in [1.29, 1.82) is 0 Å². The average Bonchev–Trinajstić information content (AvgIpc) is 2.94. The Morgan fingerprint density at radius 3 is 2.47 bits per heavy atom. The van der Waals surface area contributed by atoms with E-state index in [2.05, 4.69) is 15.1 Å². The van der Waals surface area contributed by atoms with Gasteiger partial charge in [-0.2, -0.15) is 0 Å². The van der Waals surface area contributed by atoms with Gasteiger partial charge in [0.1, 0.15) is 5.82 Å². The van der Waals surface area contributed by atoms with Gasteiger partial charge in [0.2, 0.25) is 0 Å². The number of primary sulfonamides is 1. The molecule has 0 bridgehead atoms. The van der Waals surface area contributed by atoms with Crippen LogP contribution < -0.4 is 5.14 Å². The summed E-state index contributed by atoms with van der Waals surface area (Å²) in [5.41, 5.74) is 0. The molecule has 1 aromatic rings. The van der Waals surface area contributed by atoms with Crippen LogP contribution in [-0.2, 0) is 23.0 Å². The second-order valence-electron chi connectivity index (χ2n) is 4.89. The largest absolute Gasteiger partial charge is 0.303 e. The van der Waals surface area contributed by atoms with E-state index in [0.717, 1.165) is 26.1 Å². The number of rotatable bonds is 6. The number of sulfonamides is 1. The van der Waals surface area contributed by atoms with E-state index in [9.17, 15) is 8.42 Å². The van der Waals surface area contributed by atoms with Crippen molar-refractivity contribution in [3.63, 3.8) is 0 Å². The van der Waals surface area contributed by atoms with E-state index in [4.69, 9.17) is 5.14 Å². The van der Waals surface area contributed by atoms with Crippen LogP contribution >= 0.6 is 0 Å². The van der Waals surface area contributed by atoms with Crippen LogP contribution in [0.25, 0.3) is 0 Å². The maximum atomic E-state index is 11.4. The van der Waals surface area contributed by atoms with Crippen LogP contribution in [0.3, 0.4) is 0 Å². The van der Waals surface area contributed by atoms with E-state index in [1.807, 2.05) is 6.92 Å². The summed E-state index contributed by atoms with van der Waals surface area (Å²) in [7, 11) is -3.80. The predicted octanol–water partition coefficient (Wildman–Crippen LogP) is -0.0262. The second kappa shape index (κ2) is 5.98. The fraction of sp³-hybridized carbons (Fsp3) is 0.818. The molecule has 7 nitrogen and oxygen atoms in total. The zero-order chi connectivity index (χ0) is 13.9. The van der Waals surface area contributed by atoms with E-state index in [1.165, 1.54) is 12.8 Å². The minimum absolute atomic E-state index is 0.120. The molecule has 0 spiro atoms. The van der Waals surface area contributed by atoms with E-state index >= 15 is 0 Å². The molecule has 1 fully saturated rings. The van der Waals surface area contributed by atoms with Gasteiger partial charge in [-0.25, -0.2) is 13.6 Å². The highest BCUT2D eigenvalue weighted by molar-refractivity contribution is 7.89. The maximum absolute atomic E-state index is 11.4. The number of nitrogens with zero attached hydrogens (tertiary/aromatic N) is 4. The Labute approximate surface area is 113 Å². The summed E-state index contributed by atoms with van der Waals surface area (Å²) in [5.74, 6) is 0.706. The molecule has 0 amide bonds. The minimum atomic E-state index is -3.80. The van der Waals surface area contributed by atoms with E-state index in [-0.39, 0.29) is 5.16 Å². The van der Waals surface area contributed by atoms with Gasteiger partial charge in [0.05, 0.1) is 0 Å². The van der Waals surface area contributed by atoms with Crippen molar-refractivity contribution >= 4 is 10.0 Å². The Bertz CT molecular complexity index is 519. The van der Waals surface area contributed by atoms with Gasteiger partial charge in [-0.15, -0.1) is 10.2 Å². The second-order valence-corrected chi connectivity index (χ2v) is 6.35. The van der Waals surface area contributed by atoms with Crippen molar-refractivity contribution in [1.82, 2.24) is 19.7 Å². The molecule has 2 heterocycles. The molecule has 8 heteroatoms. The zero-order valence-corrected chi connectivity index (χ0v) is 12.1. The third-order valence-electron chi connectivity index (χ3n) is 3.35. The molecule has 0 radical (unpaired) electrons.